The second-order valence-electron chi connectivity index (χ2n) is 12.5. The van der Waals surface area contributed by atoms with E-state index in [4.69, 9.17) is 11.3 Å². The zero-order valence-electron chi connectivity index (χ0n) is 31.3. The Balaban J connectivity index is 1.17. The maximum absolute atomic E-state index is 8.50. The van der Waals surface area contributed by atoms with Crippen molar-refractivity contribution in [2.75, 3.05) is 0 Å². The first kappa shape index (κ1) is 23.0. The third-order valence-corrected chi connectivity index (χ3v) is 9.72. The van der Waals surface area contributed by atoms with Crippen molar-refractivity contribution in [1.82, 2.24) is 0 Å². The normalized spacial score (nSPS) is 13.1. The first-order chi connectivity index (χ1) is 26.4. The molecule has 1 nitrogen and oxygen atoms in total. The van der Waals surface area contributed by atoms with Gasteiger partial charge in [0.1, 0.15) is 11.2 Å². The molecule has 0 N–H and O–H groups in total. The Bertz CT molecular complexity index is 3080. The van der Waals surface area contributed by atoms with Crippen LogP contribution in [0.25, 0.3) is 98.8 Å². The lowest BCUT2D eigenvalue weighted by molar-refractivity contribution is 0.669. The molecule has 1 aromatic heterocycles. The van der Waals surface area contributed by atoms with Gasteiger partial charge in [-0.25, -0.2) is 0 Å². The number of hydrogen-bond acceptors (Lipinski definition) is 1. The van der Waals surface area contributed by atoms with Crippen LogP contribution in [0, 0.1) is 0 Å². The quantitative estimate of drug-likeness (QED) is 0.177. The summed E-state index contributed by atoms with van der Waals surface area (Å²) in [7, 11) is 0. The minimum absolute atomic E-state index is 0.203. The zero-order chi connectivity index (χ0) is 36.7. The number of rotatable bonds is 4. The highest BCUT2D eigenvalue weighted by Crippen LogP contribution is 2.47. The van der Waals surface area contributed by atoms with E-state index in [2.05, 4.69) is 127 Å². The van der Waals surface area contributed by atoms with Gasteiger partial charge in [0.25, 0.3) is 0 Å². The Labute approximate surface area is 291 Å². The first-order valence-corrected chi connectivity index (χ1v) is 16.4. The molecule has 1 heterocycles. The van der Waals surface area contributed by atoms with E-state index in [1.165, 1.54) is 0 Å². The molecule has 0 saturated carbocycles. The van der Waals surface area contributed by atoms with E-state index < -0.39 is 6.04 Å². The molecule has 0 aliphatic heterocycles. The van der Waals surface area contributed by atoms with E-state index in [1.807, 2.05) is 24.3 Å². The summed E-state index contributed by atoms with van der Waals surface area (Å²) in [5.74, 6) is 0. The van der Waals surface area contributed by atoms with Crippen LogP contribution >= 0.6 is 0 Å². The van der Waals surface area contributed by atoms with E-state index in [9.17, 15) is 0 Å². The number of hydrogen-bond donors (Lipinski definition) is 0. The lowest BCUT2D eigenvalue weighted by atomic mass is 9.84. The largest absolute Gasteiger partial charge is 0.456 e. The molecule has 0 amide bonds. The molecule has 0 atom stereocenters. The minimum Gasteiger partial charge on any atom is -0.456 e. The summed E-state index contributed by atoms with van der Waals surface area (Å²) in [6.45, 7) is 0. The third kappa shape index (κ3) is 4.47. The third-order valence-electron chi connectivity index (χ3n) is 9.72. The van der Waals surface area contributed by atoms with Crippen molar-refractivity contribution in [3.8, 4) is 44.5 Å². The molecule has 49 heavy (non-hydrogen) atoms. The van der Waals surface area contributed by atoms with Crippen molar-refractivity contribution in [1.29, 1.82) is 0 Å². The van der Waals surface area contributed by atoms with Crippen LogP contribution in [0.1, 0.15) is 6.85 Å². The molecular formula is C48H30O. The van der Waals surface area contributed by atoms with Gasteiger partial charge in [0.05, 0.1) is 6.85 Å². The van der Waals surface area contributed by atoms with Crippen LogP contribution in [-0.4, -0.2) is 0 Å². The standard InChI is InChI=1S/C48H30O/c1-3-12-31(13-4-1)33-22-23-35-29-37(25-24-34(35)28-33)46-38-16-7-9-18-40(38)47(41-19-10-8-17-39(41)46)43-20-11-21-44-48(43)42-27-26-36(30-45(42)49-44)32-14-5-2-6-15-32/h1-30H/i1D,3D,4D,12D,13D. The Morgan fingerprint density at radius 3 is 1.67 bits per heavy atom. The average molecular weight is 628 g/mol. The molecule has 0 aliphatic carbocycles. The molecule has 10 rings (SSSR count). The fourth-order valence-electron chi connectivity index (χ4n) is 7.52. The molecule has 0 bridgehead atoms. The monoisotopic (exact) mass is 627 g/mol. The molecule has 0 unspecified atom stereocenters. The van der Waals surface area contributed by atoms with Crippen LogP contribution < -0.4 is 0 Å². The zero-order valence-corrected chi connectivity index (χ0v) is 26.3. The van der Waals surface area contributed by atoms with E-state index >= 15 is 0 Å². The number of furan rings is 1. The smallest absolute Gasteiger partial charge is 0.136 e. The first-order valence-electron chi connectivity index (χ1n) is 18.9. The summed E-state index contributed by atoms with van der Waals surface area (Å²) in [6.07, 6.45) is 0. The molecule has 228 valence electrons. The fraction of sp³-hybridized carbons (Fsp3) is 0. The van der Waals surface area contributed by atoms with Crippen molar-refractivity contribution in [2.24, 2.45) is 0 Å². The van der Waals surface area contributed by atoms with Crippen LogP contribution in [0.3, 0.4) is 0 Å². The average Bonchev–Trinajstić information content (AvgIpc) is 3.60. The molecule has 0 spiro atoms. The van der Waals surface area contributed by atoms with Gasteiger partial charge < -0.3 is 4.42 Å². The van der Waals surface area contributed by atoms with E-state index in [1.54, 1.807) is 0 Å². The van der Waals surface area contributed by atoms with Gasteiger partial charge >= 0.3 is 0 Å². The summed E-state index contributed by atoms with van der Waals surface area (Å²) in [4.78, 5) is 0. The molecule has 0 saturated heterocycles. The van der Waals surface area contributed by atoms with Crippen molar-refractivity contribution in [2.45, 2.75) is 0 Å². The highest BCUT2D eigenvalue weighted by Gasteiger charge is 2.20. The Morgan fingerprint density at radius 1 is 0.367 bits per heavy atom. The maximum atomic E-state index is 8.50. The molecule has 10 aromatic rings. The van der Waals surface area contributed by atoms with Gasteiger partial charge in [-0.15, -0.1) is 0 Å². The second-order valence-corrected chi connectivity index (χ2v) is 12.5. The second kappa shape index (κ2) is 11.1. The van der Waals surface area contributed by atoms with Gasteiger partial charge in [0.2, 0.25) is 0 Å². The van der Waals surface area contributed by atoms with E-state index in [0.717, 1.165) is 87.6 Å². The molecule has 0 fully saturated rings. The highest BCUT2D eigenvalue weighted by atomic mass is 16.3. The van der Waals surface area contributed by atoms with Gasteiger partial charge in [0.15, 0.2) is 0 Å². The molecule has 1 heteroatoms. The van der Waals surface area contributed by atoms with Gasteiger partial charge in [-0.2, -0.15) is 0 Å². The van der Waals surface area contributed by atoms with Crippen LogP contribution in [0.15, 0.2) is 186 Å². The predicted molar refractivity (Wildman–Crippen MR) is 208 cm³/mol. The van der Waals surface area contributed by atoms with E-state index in [0.29, 0.717) is 5.56 Å². The Morgan fingerprint density at radius 2 is 0.959 bits per heavy atom. The Kier molecular flexibility index (Phi) is 5.20. The van der Waals surface area contributed by atoms with Gasteiger partial charge in [0, 0.05) is 10.8 Å². The van der Waals surface area contributed by atoms with Crippen LogP contribution in [0.5, 0.6) is 0 Å². The Hall–Kier alpha value is -6.44. The van der Waals surface area contributed by atoms with Gasteiger partial charge in [-0.3, -0.25) is 0 Å². The molecule has 9 aromatic carbocycles. The summed E-state index contributed by atoms with van der Waals surface area (Å²) in [5.41, 5.74) is 9.25. The summed E-state index contributed by atoms with van der Waals surface area (Å²) < 4.78 is 47.9. The predicted octanol–water partition coefficient (Wildman–Crippen LogP) is 13.7. The lowest BCUT2D eigenvalue weighted by Gasteiger charge is -2.18. The number of benzene rings is 9. The SMILES string of the molecule is [2H]c1c([2H])c([2H])c(-c2ccc3cc(-c4c5ccccc5c(-c5cccc6oc7cc(-c8ccccc8)ccc7c56)c5ccccc45)ccc3c2)c([2H])c1[2H]. The molecule has 0 aliphatic rings. The lowest BCUT2D eigenvalue weighted by Crippen LogP contribution is -1.91. The molecule has 0 radical (unpaired) electrons. The summed E-state index contributed by atoms with van der Waals surface area (Å²) in [5, 5.41) is 8.64. The van der Waals surface area contributed by atoms with Crippen LogP contribution in [0.2, 0.25) is 0 Å². The van der Waals surface area contributed by atoms with Crippen molar-refractivity contribution in [3.05, 3.63) is 182 Å². The van der Waals surface area contributed by atoms with Crippen molar-refractivity contribution < 1.29 is 11.3 Å². The maximum Gasteiger partial charge on any atom is 0.136 e. The topological polar surface area (TPSA) is 13.1 Å². The van der Waals surface area contributed by atoms with E-state index in [-0.39, 0.29) is 29.7 Å². The minimum atomic E-state index is -0.392. The van der Waals surface area contributed by atoms with Crippen LogP contribution in [-0.2, 0) is 0 Å². The van der Waals surface area contributed by atoms with Crippen LogP contribution in [0.4, 0.5) is 0 Å². The number of fused-ring (bicyclic) bond motifs is 6. The fourth-order valence-corrected chi connectivity index (χ4v) is 7.52. The highest BCUT2D eigenvalue weighted by molar-refractivity contribution is 6.26. The summed E-state index contributed by atoms with van der Waals surface area (Å²) >= 11 is 0. The van der Waals surface area contributed by atoms with Crippen molar-refractivity contribution >= 4 is 54.3 Å². The van der Waals surface area contributed by atoms with Crippen molar-refractivity contribution in [3.63, 3.8) is 0 Å². The van der Waals surface area contributed by atoms with Gasteiger partial charge in [-0.05, 0) is 107 Å². The summed E-state index contributed by atoms with van der Waals surface area (Å²) in [6, 6.07) is 51.1. The van der Waals surface area contributed by atoms with Gasteiger partial charge in [-0.1, -0.05) is 152 Å². The molecular weight excluding hydrogens is 593 g/mol.